The fourth-order valence-electron chi connectivity index (χ4n) is 3.06. The van der Waals surface area contributed by atoms with E-state index in [0.717, 1.165) is 28.2 Å². The van der Waals surface area contributed by atoms with Crippen LogP contribution in [0.5, 0.6) is 5.75 Å². The Morgan fingerprint density at radius 1 is 0.900 bits per heavy atom. The molecule has 0 saturated heterocycles. The molecule has 0 spiro atoms. The lowest BCUT2D eigenvalue weighted by Gasteiger charge is -2.16. The minimum Gasteiger partial charge on any atom is -0.488 e. The normalized spacial score (nSPS) is 11.4. The molecule has 0 aliphatic rings. The van der Waals surface area contributed by atoms with Gasteiger partial charge in [-0.15, -0.1) is 0 Å². The molecule has 0 fully saturated rings. The standard InChI is InChI=1S/C23H18F3N3O/c24-23(25,26)20-10-17(6-9-22(20)30-14-16-4-2-1-3-5-16)12-28-19-8-7-18-13-27-15-29-21(18)11-19/h1-11,13,15,28H,12,14H2. The maximum Gasteiger partial charge on any atom is 0.419 e. The number of halogens is 3. The number of anilines is 1. The monoisotopic (exact) mass is 409 g/mol. The summed E-state index contributed by atoms with van der Waals surface area (Å²) < 4.78 is 46.2. The number of fused-ring (bicyclic) bond motifs is 1. The average molecular weight is 409 g/mol. The first-order valence-corrected chi connectivity index (χ1v) is 9.29. The van der Waals surface area contributed by atoms with Crippen molar-refractivity contribution >= 4 is 16.6 Å². The number of hydrogen-bond acceptors (Lipinski definition) is 4. The molecule has 0 bridgehead atoms. The molecule has 0 aliphatic heterocycles. The number of alkyl halides is 3. The van der Waals surface area contributed by atoms with Crippen LogP contribution in [0.1, 0.15) is 16.7 Å². The molecule has 0 saturated carbocycles. The van der Waals surface area contributed by atoms with Crippen LogP contribution in [0.25, 0.3) is 10.9 Å². The summed E-state index contributed by atoms with van der Waals surface area (Å²) in [5.74, 6) is -0.183. The Morgan fingerprint density at radius 2 is 1.73 bits per heavy atom. The van der Waals surface area contributed by atoms with Crippen LogP contribution in [0.3, 0.4) is 0 Å². The number of aromatic nitrogens is 2. The third-order valence-electron chi connectivity index (χ3n) is 4.59. The van der Waals surface area contributed by atoms with Crippen molar-refractivity contribution in [3.05, 3.63) is 95.9 Å². The Morgan fingerprint density at radius 3 is 2.53 bits per heavy atom. The van der Waals surface area contributed by atoms with E-state index in [1.54, 1.807) is 24.4 Å². The first-order chi connectivity index (χ1) is 14.5. The van der Waals surface area contributed by atoms with Crippen LogP contribution < -0.4 is 10.1 Å². The average Bonchev–Trinajstić information content (AvgIpc) is 2.76. The number of ether oxygens (including phenoxy) is 1. The van der Waals surface area contributed by atoms with E-state index in [0.29, 0.717) is 5.56 Å². The molecule has 4 aromatic rings. The molecule has 30 heavy (non-hydrogen) atoms. The van der Waals surface area contributed by atoms with Gasteiger partial charge in [0.05, 0.1) is 11.1 Å². The SMILES string of the molecule is FC(F)(F)c1cc(CNc2ccc3cncnc3c2)ccc1OCc1ccccc1. The summed E-state index contributed by atoms with van der Waals surface area (Å²) >= 11 is 0. The van der Waals surface area contributed by atoms with Crippen LogP contribution >= 0.6 is 0 Å². The predicted octanol–water partition coefficient (Wildman–Crippen LogP) is 5.84. The molecule has 4 rings (SSSR count). The lowest BCUT2D eigenvalue weighted by molar-refractivity contribution is -0.139. The van der Waals surface area contributed by atoms with Gasteiger partial charge in [0.25, 0.3) is 0 Å². The Labute approximate surface area is 171 Å². The van der Waals surface area contributed by atoms with E-state index >= 15 is 0 Å². The van der Waals surface area contributed by atoms with E-state index in [-0.39, 0.29) is 18.9 Å². The summed E-state index contributed by atoms with van der Waals surface area (Å²) in [6.07, 6.45) is -1.35. The van der Waals surface area contributed by atoms with Gasteiger partial charge in [0.2, 0.25) is 0 Å². The Bertz CT molecular complexity index is 1150. The Hall–Kier alpha value is -3.61. The lowest BCUT2D eigenvalue weighted by Crippen LogP contribution is -2.10. The molecule has 0 unspecified atom stereocenters. The van der Waals surface area contributed by atoms with E-state index in [4.69, 9.17) is 4.74 Å². The van der Waals surface area contributed by atoms with E-state index in [1.165, 1.54) is 12.4 Å². The Kier molecular flexibility index (Phi) is 5.52. The van der Waals surface area contributed by atoms with E-state index < -0.39 is 11.7 Å². The second-order valence-corrected chi connectivity index (χ2v) is 6.75. The number of hydrogen-bond donors (Lipinski definition) is 1. The fourth-order valence-corrected chi connectivity index (χ4v) is 3.06. The van der Waals surface area contributed by atoms with Crippen LogP contribution in [0.2, 0.25) is 0 Å². The molecule has 0 atom stereocenters. The zero-order chi connectivity index (χ0) is 21.0. The van der Waals surface area contributed by atoms with E-state index in [9.17, 15) is 13.2 Å². The number of rotatable bonds is 6. The zero-order valence-corrected chi connectivity index (χ0v) is 15.9. The van der Waals surface area contributed by atoms with Crippen molar-refractivity contribution in [2.24, 2.45) is 0 Å². The molecule has 0 aliphatic carbocycles. The predicted molar refractivity (Wildman–Crippen MR) is 109 cm³/mol. The van der Waals surface area contributed by atoms with E-state index in [2.05, 4.69) is 15.3 Å². The summed E-state index contributed by atoms with van der Waals surface area (Å²) in [5, 5.41) is 4.03. The second-order valence-electron chi connectivity index (χ2n) is 6.75. The van der Waals surface area contributed by atoms with Crippen molar-refractivity contribution in [2.45, 2.75) is 19.3 Å². The summed E-state index contributed by atoms with van der Waals surface area (Å²) in [4.78, 5) is 8.15. The van der Waals surface area contributed by atoms with Crippen LogP contribution in [0, 0.1) is 0 Å². The van der Waals surface area contributed by atoms with Crippen molar-refractivity contribution in [2.75, 3.05) is 5.32 Å². The van der Waals surface area contributed by atoms with Gasteiger partial charge in [-0.1, -0.05) is 36.4 Å². The Balaban J connectivity index is 1.50. The van der Waals surface area contributed by atoms with Crippen molar-refractivity contribution in [3.8, 4) is 5.75 Å². The minimum atomic E-state index is -4.51. The molecule has 0 amide bonds. The summed E-state index contributed by atoms with van der Waals surface area (Å²) in [6.45, 7) is 0.305. The van der Waals surface area contributed by atoms with Gasteiger partial charge in [-0.2, -0.15) is 13.2 Å². The number of nitrogens with zero attached hydrogens (tertiary/aromatic N) is 2. The summed E-state index contributed by atoms with van der Waals surface area (Å²) in [7, 11) is 0. The van der Waals surface area contributed by atoms with Crippen LogP contribution in [0.15, 0.2) is 79.3 Å². The van der Waals surface area contributed by atoms with Gasteiger partial charge < -0.3 is 10.1 Å². The first-order valence-electron chi connectivity index (χ1n) is 9.29. The van der Waals surface area contributed by atoms with Gasteiger partial charge in [0.1, 0.15) is 18.7 Å². The molecular weight excluding hydrogens is 391 g/mol. The highest BCUT2D eigenvalue weighted by Crippen LogP contribution is 2.37. The maximum atomic E-state index is 13.6. The minimum absolute atomic E-state index is 0.0699. The van der Waals surface area contributed by atoms with Crippen molar-refractivity contribution in [1.82, 2.24) is 9.97 Å². The smallest absolute Gasteiger partial charge is 0.419 e. The third kappa shape index (κ3) is 4.68. The first kappa shape index (κ1) is 19.7. The second kappa shape index (κ2) is 8.41. The van der Waals surface area contributed by atoms with E-state index in [1.807, 2.05) is 36.4 Å². The van der Waals surface area contributed by atoms with Gasteiger partial charge in [-0.05, 0) is 41.5 Å². The van der Waals surface area contributed by atoms with Gasteiger partial charge in [-0.3, -0.25) is 0 Å². The van der Waals surface area contributed by atoms with Crippen LogP contribution in [-0.2, 0) is 19.3 Å². The molecule has 3 aromatic carbocycles. The highest BCUT2D eigenvalue weighted by molar-refractivity contribution is 5.81. The van der Waals surface area contributed by atoms with Gasteiger partial charge in [-0.25, -0.2) is 9.97 Å². The van der Waals surface area contributed by atoms with Gasteiger partial charge in [0.15, 0.2) is 0 Å². The van der Waals surface area contributed by atoms with Crippen molar-refractivity contribution in [1.29, 1.82) is 0 Å². The zero-order valence-electron chi connectivity index (χ0n) is 15.9. The van der Waals surface area contributed by atoms with Gasteiger partial charge >= 0.3 is 6.18 Å². The maximum absolute atomic E-state index is 13.6. The molecule has 1 heterocycles. The third-order valence-corrected chi connectivity index (χ3v) is 4.59. The number of nitrogens with one attached hydrogen (secondary N) is 1. The highest BCUT2D eigenvalue weighted by Gasteiger charge is 2.34. The van der Waals surface area contributed by atoms with Crippen LogP contribution in [-0.4, -0.2) is 9.97 Å². The fraction of sp³-hybridized carbons (Fsp3) is 0.130. The molecular formula is C23H18F3N3O. The van der Waals surface area contributed by atoms with Crippen LogP contribution in [0.4, 0.5) is 18.9 Å². The topological polar surface area (TPSA) is 47.0 Å². The lowest BCUT2D eigenvalue weighted by atomic mass is 10.1. The molecule has 4 nitrogen and oxygen atoms in total. The largest absolute Gasteiger partial charge is 0.488 e. The summed E-state index contributed by atoms with van der Waals surface area (Å²) in [6, 6.07) is 18.7. The molecule has 1 aromatic heterocycles. The molecule has 1 N–H and O–H groups in total. The molecule has 152 valence electrons. The number of benzene rings is 3. The van der Waals surface area contributed by atoms with Crippen molar-refractivity contribution < 1.29 is 17.9 Å². The molecule has 0 radical (unpaired) electrons. The van der Waals surface area contributed by atoms with Crippen molar-refractivity contribution in [3.63, 3.8) is 0 Å². The highest BCUT2D eigenvalue weighted by atomic mass is 19.4. The summed E-state index contributed by atoms with van der Waals surface area (Å²) in [5.41, 5.74) is 2.03. The van der Waals surface area contributed by atoms with Gasteiger partial charge in [0, 0.05) is 23.8 Å². The molecule has 7 heteroatoms. The quantitative estimate of drug-likeness (QED) is 0.435.